The first-order valence-electron chi connectivity index (χ1n) is 10.3. The maximum atomic E-state index is 13.4. The van der Waals surface area contributed by atoms with Crippen molar-refractivity contribution in [2.45, 2.75) is 33.7 Å². The van der Waals surface area contributed by atoms with Crippen LogP contribution < -0.4 is 16.0 Å². The zero-order valence-corrected chi connectivity index (χ0v) is 18.7. The second kappa shape index (κ2) is 8.03. The number of hydrogen-bond acceptors (Lipinski definition) is 6. The molecule has 0 fully saturated rings. The van der Waals surface area contributed by atoms with E-state index in [0.717, 1.165) is 21.6 Å². The lowest BCUT2D eigenvalue weighted by Crippen LogP contribution is -2.40. The fraction of sp³-hybridized carbons (Fsp3) is 0.364. The van der Waals surface area contributed by atoms with Crippen molar-refractivity contribution in [1.29, 1.82) is 0 Å². The van der Waals surface area contributed by atoms with Crippen LogP contribution in [0.2, 0.25) is 0 Å². The van der Waals surface area contributed by atoms with Crippen molar-refractivity contribution < 1.29 is 14.3 Å². The molecule has 10 heteroatoms. The van der Waals surface area contributed by atoms with Gasteiger partial charge in [0.05, 0.1) is 25.8 Å². The smallest absolute Gasteiger partial charge is 0.332 e. The second-order valence-corrected chi connectivity index (χ2v) is 7.48. The van der Waals surface area contributed by atoms with Gasteiger partial charge in [-0.1, -0.05) is 6.07 Å². The predicted molar refractivity (Wildman–Crippen MR) is 119 cm³/mol. The predicted octanol–water partition coefficient (Wildman–Crippen LogP) is 1.72. The summed E-state index contributed by atoms with van der Waals surface area (Å²) in [6, 6.07) is 7.52. The third-order valence-corrected chi connectivity index (χ3v) is 5.68. The van der Waals surface area contributed by atoms with Crippen LogP contribution in [0.1, 0.15) is 24.7 Å². The number of methoxy groups -OCH3 is 1. The number of hydrogen-bond donors (Lipinski definition) is 0. The highest BCUT2D eigenvalue weighted by Crippen LogP contribution is 2.26. The van der Waals surface area contributed by atoms with E-state index in [9.17, 15) is 14.4 Å². The molecule has 0 aliphatic carbocycles. The van der Waals surface area contributed by atoms with Crippen LogP contribution in [-0.2, 0) is 23.1 Å². The average molecular weight is 439 g/mol. The molecule has 4 rings (SSSR count). The summed E-state index contributed by atoms with van der Waals surface area (Å²) >= 11 is 0. The van der Waals surface area contributed by atoms with E-state index in [1.54, 1.807) is 25.5 Å². The summed E-state index contributed by atoms with van der Waals surface area (Å²) in [6.45, 7) is 5.72. The molecule has 0 aliphatic heterocycles. The monoisotopic (exact) mass is 439 g/mol. The molecule has 4 aromatic rings. The Hall–Kier alpha value is -3.82. The number of rotatable bonds is 6. The van der Waals surface area contributed by atoms with Crippen molar-refractivity contribution in [1.82, 2.24) is 23.1 Å². The van der Waals surface area contributed by atoms with E-state index in [0.29, 0.717) is 11.5 Å². The lowest BCUT2D eigenvalue weighted by molar-refractivity contribution is -0.143. The van der Waals surface area contributed by atoms with Crippen molar-refractivity contribution in [3.05, 3.63) is 56.5 Å². The Bertz CT molecular complexity index is 1470. The van der Waals surface area contributed by atoms with Gasteiger partial charge >= 0.3 is 11.7 Å². The zero-order chi connectivity index (χ0) is 23.2. The number of carbonyl (C=O) groups excluding carboxylic acids is 1. The summed E-state index contributed by atoms with van der Waals surface area (Å²) in [5, 5.41) is 0. The molecule has 0 radical (unpaired) electrons. The summed E-state index contributed by atoms with van der Waals surface area (Å²) < 4.78 is 16.3. The van der Waals surface area contributed by atoms with E-state index in [1.807, 2.05) is 42.7 Å². The Labute approximate surface area is 183 Å². The van der Waals surface area contributed by atoms with E-state index in [1.165, 1.54) is 4.57 Å². The van der Waals surface area contributed by atoms with E-state index >= 15 is 0 Å². The standard InChI is InChI=1S/C22H25N5O5/c1-6-32-17(28)10-11-25-20(29)18-19(24(4)22(25)30)23-21-26(13(2)14(3)27(18)21)15-8-7-9-16(12-15)31-5/h7-9,12H,6,10-11H2,1-5H3. The lowest BCUT2D eigenvalue weighted by atomic mass is 10.3. The molecule has 0 atom stereocenters. The maximum absolute atomic E-state index is 13.4. The van der Waals surface area contributed by atoms with Crippen LogP contribution in [0.25, 0.3) is 22.6 Å². The maximum Gasteiger partial charge on any atom is 0.332 e. The Morgan fingerprint density at radius 2 is 1.91 bits per heavy atom. The first-order chi connectivity index (χ1) is 15.3. The summed E-state index contributed by atoms with van der Waals surface area (Å²) in [6.07, 6.45) is -0.0702. The van der Waals surface area contributed by atoms with Crippen molar-refractivity contribution in [3.8, 4) is 11.4 Å². The van der Waals surface area contributed by atoms with Crippen LogP contribution in [0.4, 0.5) is 0 Å². The van der Waals surface area contributed by atoms with E-state index < -0.39 is 17.2 Å². The number of esters is 1. The Morgan fingerprint density at radius 1 is 1.16 bits per heavy atom. The second-order valence-electron chi connectivity index (χ2n) is 7.48. The highest BCUT2D eigenvalue weighted by molar-refractivity contribution is 5.77. The molecule has 1 aromatic carbocycles. The first kappa shape index (κ1) is 21.4. The van der Waals surface area contributed by atoms with E-state index in [2.05, 4.69) is 4.98 Å². The average Bonchev–Trinajstić information content (AvgIpc) is 3.28. The van der Waals surface area contributed by atoms with Gasteiger partial charge in [0.25, 0.3) is 5.56 Å². The fourth-order valence-electron chi connectivity index (χ4n) is 3.94. The normalized spacial score (nSPS) is 11.4. The SMILES string of the molecule is CCOC(=O)CCn1c(=O)c2c(nc3n(-c4cccc(OC)c4)c(C)c(C)n23)n(C)c1=O. The molecule has 0 amide bonds. The molecule has 0 N–H and O–H groups in total. The summed E-state index contributed by atoms with van der Waals surface area (Å²) in [7, 11) is 3.16. The minimum absolute atomic E-state index is 0.0673. The third-order valence-electron chi connectivity index (χ3n) is 5.68. The number of imidazole rings is 2. The van der Waals surface area contributed by atoms with Crippen molar-refractivity contribution >= 4 is 22.9 Å². The van der Waals surface area contributed by atoms with Crippen LogP contribution >= 0.6 is 0 Å². The van der Waals surface area contributed by atoms with E-state index in [-0.39, 0.29) is 30.7 Å². The minimum Gasteiger partial charge on any atom is -0.497 e. The van der Waals surface area contributed by atoms with Crippen LogP contribution in [0.15, 0.2) is 33.9 Å². The quantitative estimate of drug-likeness (QED) is 0.424. The van der Waals surface area contributed by atoms with Gasteiger partial charge in [-0.15, -0.1) is 0 Å². The van der Waals surface area contributed by atoms with Crippen molar-refractivity contribution in [2.24, 2.45) is 7.05 Å². The van der Waals surface area contributed by atoms with Gasteiger partial charge in [0, 0.05) is 31.0 Å². The number of aromatic nitrogens is 5. The van der Waals surface area contributed by atoms with Crippen LogP contribution in [-0.4, -0.2) is 42.8 Å². The topological polar surface area (TPSA) is 102 Å². The Balaban J connectivity index is 1.99. The number of carbonyl (C=O) groups is 1. The largest absolute Gasteiger partial charge is 0.497 e. The van der Waals surface area contributed by atoms with Crippen LogP contribution in [0, 0.1) is 13.8 Å². The molecule has 0 spiro atoms. The summed E-state index contributed by atoms with van der Waals surface area (Å²) in [5.74, 6) is 0.742. The molecule has 3 aromatic heterocycles. The molecular formula is C22H25N5O5. The number of fused-ring (bicyclic) bond motifs is 3. The minimum atomic E-state index is -0.533. The third kappa shape index (κ3) is 3.19. The lowest BCUT2D eigenvalue weighted by Gasteiger charge is -2.09. The van der Waals surface area contributed by atoms with Gasteiger partial charge in [0.2, 0.25) is 5.78 Å². The molecule has 168 valence electrons. The van der Waals surface area contributed by atoms with Gasteiger partial charge in [-0.2, -0.15) is 4.98 Å². The molecule has 3 heterocycles. The summed E-state index contributed by atoms with van der Waals surface area (Å²) in [5.41, 5.74) is 2.07. The Morgan fingerprint density at radius 3 is 2.59 bits per heavy atom. The highest BCUT2D eigenvalue weighted by atomic mass is 16.5. The molecule has 0 bridgehead atoms. The molecule has 0 saturated heterocycles. The Kier molecular flexibility index (Phi) is 5.37. The highest BCUT2D eigenvalue weighted by Gasteiger charge is 2.23. The molecule has 32 heavy (non-hydrogen) atoms. The zero-order valence-electron chi connectivity index (χ0n) is 18.7. The number of benzene rings is 1. The van der Waals surface area contributed by atoms with Gasteiger partial charge in [-0.05, 0) is 32.9 Å². The molecular weight excluding hydrogens is 414 g/mol. The number of ether oxygens (including phenoxy) is 2. The van der Waals surface area contributed by atoms with Gasteiger partial charge in [-0.3, -0.25) is 27.7 Å². The number of nitrogens with zero attached hydrogens (tertiary/aromatic N) is 5. The number of aryl methyl sites for hydroxylation is 2. The van der Waals surface area contributed by atoms with Crippen molar-refractivity contribution in [2.75, 3.05) is 13.7 Å². The van der Waals surface area contributed by atoms with Gasteiger partial charge < -0.3 is 9.47 Å². The van der Waals surface area contributed by atoms with Gasteiger partial charge in [0.15, 0.2) is 11.2 Å². The van der Waals surface area contributed by atoms with E-state index in [4.69, 9.17) is 9.47 Å². The summed E-state index contributed by atoms with van der Waals surface area (Å²) in [4.78, 5) is 42.7. The van der Waals surface area contributed by atoms with Crippen LogP contribution in [0.5, 0.6) is 5.75 Å². The van der Waals surface area contributed by atoms with Crippen molar-refractivity contribution in [3.63, 3.8) is 0 Å². The fourth-order valence-corrected chi connectivity index (χ4v) is 3.94. The van der Waals surface area contributed by atoms with Crippen LogP contribution in [0.3, 0.4) is 0 Å². The van der Waals surface area contributed by atoms with Gasteiger partial charge in [-0.25, -0.2) is 4.79 Å². The molecule has 0 aliphatic rings. The van der Waals surface area contributed by atoms with Gasteiger partial charge in [0.1, 0.15) is 5.75 Å². The first-order valence-corrected chi connectivity index (χ1v) is 10.3. The molecule has 10 nitrogen and oxygen atoms in total. The molecule has 0 unspecified atom stereocenters. The molecule has 0 saturated carbocycles.